The van der Waals surface area contributed by atoms with Gasteiger partial charge in [-0.3, -0.25) is 9.59 Å². The summed E-state index contributed by atoms with van der Waals surface area (Å²) in [6.07, 6.45) is 8.89. The number of aliphatic hydroxyl groups is 2. The molecule has 2 spiro atoms. The van der Waals surface area contributed by atoms with Crippen LogP contribution in [0.4, 0.5) is 0 Å². The predicted molar refractivity (Wildman–Crippen MR) is 342 cm³/mol. The van der Waals surface area contributed by atoms with Crippen LogP contribution in [-0.2, 0) is 50.3 Å². The van der Waals surface area contributed by atoms with E-state index >= 15 is 4.79 Å². The van der Waals surface area contributed by atoms with Crippen LogP contribution in [0.15, 0.2) is 109 Å². The molecule has 2 heterocycles. The van der Waals surface area contributed by atoms with Gasteiger partial charge in [-0.15, -0.1) is 0 Å². The van der Waals surface area contributed by atoms with Crippen molar-refractivity contribution in [2.24, 2.45) is 40.4 Å². The molecule has 0 saturated heterocycles. The SMILES string of the molecule is COc1cc2c(cc1O)C1CC(O)C3Cc4cc(O)c5cc4C4CC(CC(OC(C)=O)C(C2)C1(C1=Cc2ccccc2CC1)C43)OC(=O)C12CC(C#CC3(CCCC3)CNCc3cccc(c3)-c3cc(O)cc4ccc1cc34)CC(CSSC(O)CO5)C2. The third-order valence-corrected chi connectivity index (χ3v) is 24.9. The van der Waals surface area contributed by atoms with Crippen molar-refractivity contribution in [1.82, 2.24) is 5.32 Å². The average Bonchev–Trinajstić information content (AvgIpc) is 0.701. The molecule has 6 aromatic carbocycles. The molecule has 0 radical (unpaired) electrons. The second kappa shape index (κ2) is 22.7. The minimum Gasteiger partial charge on any atom is -0.508 e. The van der Waals surface area contributed by atoms with Crippen molar-refractivity contribution < 1.29 is 54.1 Å². The molecule has 7 aliphatic carbocycles. The summed E-state index contributed by atoms with van der Waals surface area (Å²) in [7, 11) is 4.43. The zero-order valence-electron chi connectivity index (χ0n) is 50.0. The van der Waals surface area contributed by atoms with Crippen molar-refractivity contribution in [1.29, 1.82) is 0 Å². The van der Waals surface area contributed by atoms with Gasteiger partial charge in [-0.1, -0.05) is 113 Å². The van der Waals surface area contributed by atoms with E-state index in [4.69, 9.17) is 18.9 Å². The molecule has 14 heteroatoms. The maximum atomic E-state index is 17.0. The van der Waals surface area contributed by atoms with Crippen LogP contribution in [0.25, 0.3) is 28.0 Å². The molecule has 0 amide bonds. The van der Waals surface area contributed by atoms with E-state index in [1.165, 1.54) is 28.9 Å². The fourth-order valence-electron chi connectivity index (χ4n) is 18.9. The third kappa shape index (κ3) is 9.96. The summed E-state index contributed by atoms with van der Waals surface area (Å²) in [5.41, 5.74) is 7.78. The fourth-order valence-corrected chi connectivity index (χ4v) is 21.1. The summed E-state index contributed by atoms with van der Waals surface area (Å²) in [6, 6.07) is 34.4. The first kappa shape index (κ1) is 57.8. The highest BCUT2D eigenvalue weighted by Gasteiger charge is 2.68. The molecule has 15 rings (SSSR count). The van der Waals surface area contributed by atoms with E-state index < -0.39 is 52.4 Å². The van der Waals surface area contributed by atoms with E-state index in [9.17, 15) is 30.3 Å². The van der Waals surface area contributed by atoms with Crippen molar-refractivity contribution >= 4 is 50.4 Å². The Morgan fingerprint density at radius 2 is 1.68 bits per heavy atom. The number of fused-ring (bicyclic) bond motifs is 11. The lowest BCUT2D eigenvalue weighted by Gasteiger charge is -2.66. The number of allylic oxidation sites excluding steroid dienone is 1. The summed E-state index contributed by atoms with van der Waals surface area (Å²) in [6.45, 7) is 2.78. The van der Waals surface area contributed by atoms with E-state index in [1.807, 2.05) is 30.3 Å². The van der Waals surface area contributed by atoms with E-state index in [0.29, 0.717) is 63.0 Å². The topological polar surface area (TPSA) is 184 Å². The van der Waals surface area contributed by atoms with Crippen molar-refractivity contribution in [2.75, 3.05) is 26.0 Å². The molecule has 456 valence electrons. The Bertz CT molecular complexity index is 3880. The lowest BCUT2D eigenvalue weighted by atomic mass is 9.38. The number of aromatic hydroxyl groups is 3. The highest BCUT2D eigenvalue weighted by Crippen LogP contribution is 2.72. The molecule has 11 bridgehead atoms. The maximum absolute atomic E-state index is 17.0. The lowest BCUT2D eigenvalue weighted by molar-refractivity contribution is -0.181. The van der Waals surface area contributed by atoms with Crippen LogP contribution in [0.3, 0.4) is 0 Å². The smallest absolute Gasteiger partial charge is 0.316 e. The first-order chi connectivity index (χ1) is 42.7. The molecule has 88 heavy (non-hydrogen) atoms. The Balaban J connectivity index is 0.957. The molecule has 0 aromatic heterocycles. The normalized spacial score (nSPS) is 31.9. The summed E-state index contributed by atoms with van der Waals surface area (Å²) in [4.78, 5) is 31.2. The second-order valence-corrected chi connectivity index (χ2v) is 29.9. The highest BCUT2D eigenvalue weighted by atomic mass is 33.1. The van der Waals surface area contributed by atoms with Gasteiger partial charge in [-0.05, 0) is 215 Å². The number of nitrogens with one attached hydrogen (secondary N) is 1. The zero-order chi connectivity index (χ0) is 60.2. The van der Waals surface area contributed by atoms with Gasteiger partial charge in [-0.2, -0.15) is 0 Å². The number of hydrogen-bond donors (Lipinski definition) is 6. The van der Waals surface area contributed by atoms with Crippen molar-refractivity contribution in [2.45, 2.75) is 144 Å². The molecule has 4 saturated carbocycles. The Labute approximate surface area is 522 Å². The van der Waals surface area contributed by atoms with Crippen LogP contribution < -0.4 is 14.8 Å². The number of aryl methyl sites for hydroxylation is 1. The van der Waals surface area contributed by atoms with Gasteiger partial charge >= 0.3 is 11.9 Å². The fraction of sp³-hybridized carbons (Fsp3) is 0.459. The Kier molecular flexibility index (Phi) is 14.9. The largest absolute Gasteiger partial charge is 0.508 e. The number of carbonyl (C=O) groups excluding carboxylic acids is 2. The van der Waals surface area contributed by atoms with Gasteiger partial charge in [0.1, 0.15) is 30.0 Å². The van der Waals surface area contributed by atoms with Crippen LogP contribution in [0.2, 0.25) is 0 Å². The molecule has 6 aromatic rings. The van der Waals surface area contributed by atoms with Gasteiger partial charge in [0.15, 0.2) is 23.0 Å². The molecule has 6 N–H and O–H groups in total. The number of rotatable bonds is 3. The summed E-state index contributed by atoms with van der Waals surface area (Å²) >= 11 is 0. The molecule has 2 aliphatic heterocycles. The number of hydrogen-bond acceptors (Lipinski definition) is 14. The molecular weight excluding hydrogens is 1140 g/mol. The monoisotopic (exact) mass is 1220 g/mol. The Morgan fingerprint density at radius 1 is 0.830 bits per heavy atom. The molecule has 4 fully saturated rings. The number of carbonyl (C=O) groups is 2. The lowest BCUT2D eigenvalue weighted by Crippen LogP contribution is -2.64. The van der Waals surface area contributed by atoms with E-state index in [0.717, 1.165) is 106 Å². The molecule has 9 aliphatic rings. The molecule has 13 unspecified atom stereocenters. The van der Waals surface area contributed by atoms with Gasteiger partial charge in [0, 0.05) is 54.9 Å². The minimum absolute atomic E-state index is 0.0145. The predicted octanol–water partition coefficient (Wildman–Crippen LogP) is 13.0. The molecular formula is C74H77NO11S2. The van der Waals surface area contributed by atoms with Gasteiger partial charge in [-0.25, -0.2) is 0 Å². The number of phenols is 3. The quantitative estimate of drug-likeness (QED) is 0.0559. The van der Waals surface area contributed by atoms with Gasteiger partial charge < -0.3 is 49.8 Å². The van der Waals surface area contributed by atoms with E-state index in [1.54, 1.807) is 30.0 Å². The summed E-state index contributed by atoms with van der Waals surface area (Å²) < 4.78 is 26.8. The first-order valence-electron chi connectivity index (χ1n) is 32.0. The Morgan fingerprint density at radius 3 is 2.53 bits per heavy atom. The number of benzene rings is 6. The van der Waals surface area contributed by atoms with Gasteiger partial charge in [0.05, 0.1) is 18.6 Å². The maximum Gasteiger partial charge on any atom is 0.316 e. The zero-order valence-corrected chi connectivity index (χ0v) is 51.6. The third-order valence-electron chi connectivity index (χ3n) is 22.3. The average molecular weight is 1220 g/mol. The van der Waals surface area contributed by atoms with E-state index in [2.05, 4.69) is 83.9 Å². The highest BCUT2D eigenvalue weighted by molar-refractivity contribution is 8.76. The Hall–Kier alpha value is -6.60. The van der Waals surface area contributed by atoms with Crippen LogP contribution in [0.1, 0.15) is 134 Å². The van der Waals surface area contributed by atoms with Gasteiger partial charge in [0.25, 0.3) is 0 Å². The molecule has 12 nitrogen and oxygen atoms in total. The van der Waals surface area contributed by atoms with Crippen LogP contribution in [0.5, 0.6) is 28.7 Å². The number of esters is 2. The van der Waals surface area contributed by atoms with Crippen LogP contribution in [-0.4, -0.2) is 87.2 Å². The van der Waals surface area contributed by atoms with Crippen molar-refractivity contribution in [3.8, 4) is 51.7 Å². The second-order valence-electron chi connectivity index (χ2n) is 27.3. The first-order valence-corrected chi connectivity index (χ1v) is 34.4. The standard InChI is InChI=1S/C74H77NO11S2/c1-41(76)85-66-31-54-30-59-57-33-68(64(79)26-49(57)24-60-63(78)34-61-58-32-65(80)67(83-2)27-50(58)25-62(66)74(61,70(59)60)52-15-12-45-9-3-4-10-46(45)22-52)84-38-69(81)88-87-39-44-20-42-16-19-72(17-5-6-18-72)40-75-37-43-8-7-11-47(21-43)56-29-53(77)23-48-13-14-51(28-55(48)56)73(35-42,36-44)71(82)86-54/h3-4,7-11,13-14,21-23,26-29,32-33,42,44,54,59-63,66,69-70,75,77-81H,5-6,12,15,17-18,20,24-25,30-31,34-40H2,1-2H3. The number of phenolic OH excluding ortho intramolecular Hbond substituents is 3. The number of methoxy groups -OCH3 is 1. The van der Waals surface area contributed by atoms with Crippen molar-refractivity contribution in [3.63, 3.8) is 0 Å². The number of ether oxygens (including phenoxy) is 4. The molecule has 13 atom stereocenters. The van der Waals surface area contributed by atoms with Crippen LogP contribution >= 0.6 is 21.6 Å². The minimum atomic E-state index is -1.24. The summed E-state index contributed by atoms with van der Waals surface area (Å²) in [5, 5.41) is 65.6. The van der Waals surface area contributed by atoms with E-state index in [-0.39, 0.29) is 77.0 Å². The number of aliphatic hydroxyl groups excluding tert-OH is 2. The summed E-state index contributed by atoms with van der Waals surface area (Å²) in [5.74, 6) is 6.15. The van der Waals surface area contributed by atoms with Crippen LogP contribution in [0, 0.1) is 52.3 Å². The van der Waals surface area contributed by atoms with Gasteiger partial charge in [0.2, 0.25) is 0 Å². The van der Waals surface area contributed by atoms with Crippen molar-refractivity contribution in [3.05, 3.63) is 153 Å².